The molecule has 3 aliphatic carbocycles. The molecule has 2 N–H and O–H groups in total. The average Bonchev–Trinajstić information content (AvgIpc) is 3.39. The van der Waals surface area contributed by atoms with Crippen LogP contribution in [0.2, 0.25) is 5.15 Å². The van der Waals surface area contributed by atoms with Crippen molar-refractivity contribution in [1.29, 1.82) is 0 Å². The third kappa shape index (κ3) is 4.16. The lowest BCUT2D eigenvalue weighted by molar-refractivity contribution is 0.0683. The van der Waals surface area contributed by atoms with Crippen LogP contribution in [-0.4, -0.2) is 35.8 Å². The molecule has 10 nitrogen and oxygen atoms in total. The van der Waals surface area contributed by atoms with Gasteiger partial charge in [0.1, 0.15) is 11.0 Å². The SMILES string of the molecule is Cc1cc([C@@H](C)Nc2ccc(Cl)nc2C(=O)O)c2nc(C34CCC(c5nc(C)no5)(CC3)CC4)n(C)c(=O)c2c1. The van der Waals surface area contributed by atoms with Gasteiger partial charge >= 0.3 is 5.97 Å². The molecule has 3 fully saturated rings. The van der Waals surface area contributed by atoms with E-state index in [1.54, 1.807) is 16.7 Å². The van der Waals surface area contributed by atoms with Crippen molar-refractivity contribution in [2.75, 3.05) is 5.32 Å². The highest BCUT2D eigenvalue weighted by atomic mass is 35.5. The maximum atomic E-state index is 13.8. The number of aryl methyl sites for hydroxylation is 2. The van der Waals surface area contributed by atoms with E-state index in [1.807, 2.05) is 40.0 Å². The Balaban J connectivity index is 1.41. The first-order valence-corrected chi connectivity index (χ1v) is 13.9. The zero-order chi connectivity index (χ0) is 28.4. The summed E-state index contributed by atoms with van der Waals surface area (Å²) in [5, 5.41) is 17.6. The molecule has 0 amide bonds. The summed E-state index contributed by atoms with van der Waals surface area (Å²) in [6.45, 7) is 5.71. The van der Waals surface area contributed by atoms with E-state index in [0.29, 0.717) is 22.4 Å². The molecule has 3 saturated carbocycles. The first-order valence-electron chi connectivity index (χ1n) is 13.5. The molecule has 3 heterocycles. The minimum absolute atomic E-state index is 0.0826. The summed E-state index contributed by atoms with van der Waals surface area (Å²) in [5.41, 5.74) is 2.15. The Kier molecular flexibility index (Phi) is 6.21. The second kappa shape index (κ2) is 9.40. The van der Waals surface area contributed by atoms with Gasteiger partial charge in [-0.3, -0.25) is 9.36 Å². The van der Waals surface area contributed by atoms with E-state index in [2.05, 4.69) is 20.4 Å². The first kappa shape index (κ1) is 26.4. The van der Waals surface area contributed by atoms with Gasteiger partial charge in [0.25, 0.3) is 5.56 Å². The van der Waals surface area contributed by atoms with Gasteiger partial charge in [0.2, 0.25) is 5.89 Å². The van der Waals surface area contributed by atoms with Crippen molar-refractivity contribution in [3.63, 3.8) is 0 Å². The second-order valence-corrected chi connectivity index (χ2v) is 11.8. The molecule has 0 radical (unpaired) electrons. The predicted molar refractivity (Wildman–Crippen MR) is 150 cm³/mol. The molecule has 2 bridgehead atoms. The van der Waals surface area contributed by atoms with Gasteiger partial charge in [-0.05, 0) is 83.1 Å². The quantitative estimate of drug-likeness (QED) is 0.296. The average molecular weight is 563 g/mol. The van der Waals surface area contributed by atoms with Crippen LogP contribution < -0.4 is 10.9 Å². The fourth-order valence-electron chi connectivity index (χ4n) is 6.74. The zero-order valence-corrected chi connectivity index (χ0v) is 23.7. The van der Waals surface area contributed by atoms with Crippen molar-refractivity contribution in [2.24, 2.45) is 7.05 Å². The van der Waals surface area contributed by atoms with Gasteiger partial charge in [-0.1, -0.05) is 22.8 Å². The van der Waals surface area contributed by atoms with Gasteiger partial charge in [-0.15, -0.1) is 0 Å². The van der Waals surface area contributed by atoms with E-state index in [1.165, 1.54) is 0 Å². The van der Waals surface area contributed by atoms with Crippen molar-refractivity contribution < 1.29 is 14.4 Å². The molecule has 0 saturated heterocycles. The number of halogens is 1. The fraction of sp³-hybridized carbons (Fsp3) is 0.448. The lowest BCUT2D eigenvalue weighted by Gasteiger charge is -2.51. The Bertz CT molecular complexity index is 1700. The summed E-state index contributed by atoms with van der Waals surface area (Å²) in [7, 11) is 1.82. The molecule has 0 aliphatic heterocycles. The predicted octanol–water partition coefficient (Wildman–Crippen LogP) is 5.40. The molecular formula is C29H31ClN6O4. The molecule has 208 valence electrons. The van der Waals surface area contributed by atoms with Crippen LogP contribution in [0.1, 0.15) is 90.6 Å². The van der Waals surface area contributed by atoms with Gasteiger partial charge in [0, 0.05) is 23.4 Å². The number of hydrogen-bond donors (Lipinski definition) is 2. The number of carbonyl (C=O) groups is 1. The van der Waals surface area contributed by atoms with Gasteiger partial charge in [0.05, 0.1) is 22.6 Å². The third-order valence-electron chi connectivity index (χ3n) is 8.96. The molecule has 0 unspecified atom stereocenters. The van der Waals surface area contributed by atoms with Crippen molar-refractivity contribution in [3.8, 4) is 0 Å². The summed E-state index contributed by atoms with van der Waals surface area (Å²) >= 11 is 5.95. The first-order chi connectivity index (χ1) is 19.0. The number of anilines is 1. The monoisotopic (exact) mass is 562 g/mol. The highest BCUT2D eigenvalue weighted by Crippen LogP contribution is 2.57. The minimum atomic E-state index is -1.18. The van der Waals surface area contributed by atoms with Gasteiger partial charge < -0.3 is 14.9 Å². The van der Waals surface area contributed by atoms with Crippen LogP contribution >= 0.6 is 11.6 Å². The van der Waals surface area contributed by atoms with Crippen molar-refractivity contribution in [1.82, 2.24) is 24.7 Å². The normalized spacial score (nSPS) is 22.9. The molecule has 11 heteroatoms. The van der Waals surface area contributed by atoms with Gasteiger partial charge in [-0.25, -0.2) is 14.8 Å². The van der Waals surface area contributed by atoms with E-state index in [9.17, 15) is 14.7 Å². The number of benzene rings is 1. The molecule has 3 aromatic heterocycles. The number of nitrogens with zero attached hydrogens (tertiary/aromatic N) is 5. The standard InChI is InChI=1S/C29H31ClN6O4/c1-15-13-18(16(2)31-20-5-6-21(30)33-23(20)25(38)39)22-19(14-15)24(37)36(4)26(34-22)28-7-10-29(11-8-28,12-9-28)27-32-17(3)35-40-27/h5-6,13-14,16,31H,7-12H2,1-4H3,(H,38,39)/t16-,28?,29?/m1/s1. The van der Waals surface area contributed by atoms with Crippen molar-refractivity contribution >= 4 is 34.2 Å². The summed E-state index contributed by atoms with van der Waals surface area (Å²) in [5.74, 6) is 1.01. The Morgan fingerprint density at radius 2 is 1.75 bits per heavy atom. The molecule has 0 spiro atoms. The molecule has 4 aromatic rings. The van der Waals surface area contributed by atoms with Crippen LogP contribution in [0.5, 0.6) is 0 Å². The smallest absolute Gasteiger partial charge is 0.356 e. The van der Waals surface area contributed by atoms with Crippen molar-refractivity contribution in [2.45, 2.75) is 76.2 Å². The van der Waals surface area contributed by atoms with Crippen LogP contribution in [-0.2, 0) is 17.9 Å². The third-order valence-corrected chi connectivity index (χ3v) is 9.17. The highest BCUT2D eigenvalue weighted by molar-refractivity contribution is 6.29. The minimum Gasteiger partial charge on any atom is -0.476 e. The topological polar surface area (TPSA) is 136 Å². The van der Waals surface area contributed by atoms with Crippen LogP contribution in [0.25, 0.3) is 10.9 Å². The van der Waals surface area contributed by atoms with E-state index in [0.717, 1.165) is 61.4 Å². The molecule has 1 aromatic carbocycles. The van der Waals surface area contributed by atoms with Crippen molar-refractivity contribution in [3.05, 3.63) is 74.1 Å². The van der Waals surface area contributed by atoms with Crippen LogP contribution in [0.3, 0.4) is 0 Å². The molecule has 7 rings (SSSR count). The molecule has 1 atom stereocenters. The lowest BCUT2D eigenvalue weighted by Crippen LogP contribution is -2.49. The lowest BCUT2D eigenvalue weighted by atomic mass is 9.53. The van der Waals surface area contributed by atoms with Crippen LogP contribution in [0, 0.1) is 13.8 Å². The van der Waals surface area contributed by atoms with E-state index >= 15 is 0 Å². The Hall–Kier alpha value is -3.79. The number of aromatic nitrogens is 5. The number of carboxylic acids is 1. The van der Waals surface area contributed by atoms with E-state index < -0.39 is 5.97 Å². The number of rotatable bonds is 6. The summed E-state index contributed by atoms with van der Waals surface area (Å²) < 4.78 is 7.33. The number of aromatic carboxylic acids is 1. The number of hydrogen-bond acceptors (Lipinski definition) is 8. The van der Waals surface area contributed by atoms with Gasteiger partial charge in [0.15, 0.2) is 11.5 Å². The summed E-state index contributed by atoms with van der Waals surface area (Å²) in [6, 6.07) is 6.66. The maximum absolute atomic E-state index is 13.8. The Morgan fingerprint density at radius 1 is 1.07 bits per heavy atom. The zero-order valence-electron chi connectivity index (χ0n) is 22.9. The van der Waals surface area contributed by atoms with Gasteiger partial charge in [-0.2, -0.15) is 4.98 Å². The molecule has 3 aliphatic rings. The summed E-state index contributed by atoms with van der Waals surface area (Å²) in [4.78, 5) is 39.4. The molecular weight excluding hydrogens is 532 g/mol. The number of pyridine rings is 1. The Labute approximate surface area is 235 Å². The second-order valence-electron chi connectivity index (χ2n) is 11.5. The maximum Gasteiger partial charge on any atom is 0.356 e. The number of fused-ring (bicyclic) bond motifs is 4. The van der Waals surface area contributed by atoms with Crippen LogP contribution in [0.15, 0.2) is 33.6 Å². The Morgan fingerprint density at radius 3 is 2.38 bits per heavy atom. The highest BCUT2D eigenvalue weighted by Gasteiger charge is 2.54. The number of carboxylic acid groups (broad SMARTS) is 1. The number of nitrogens with one attached hydrogen (secondary N) is 1. The van der Waals surface area contributed by atoms with E-state index in [-0.39, 0.29) is 33.3 Å². The summed E-state index contributed by atoms with van der Waals surface area (Å²) in [6.07, 6.45) is 5.36. The van der Waals surface area contributed by atoms with E-state index in [4.69, 9.17) is 21.1 Å². The largest absolute Gasteiger partial charge is 0.476 e. The fourth-order valence-corrected chi connectivity index (χ4v) is 6.88. The molecule has 40 heavy (non-hydrogen) atoms. The van der Waals surface area contributed by atoms with Crippen LogP contribution in [0.4, 0.5) is 5.69 Å².